The molecule has 176 valence electrons. The van der Waals surface area contributed by atoms with Gasteiger partial charge in [-0.25, -0.2) is 8.42 Å². The number of esters is 1. The molecule has 0 saturated heterocycles. The molecule has 34 heavy (non-hydrogen) atoms. The maximum absolute atomic E-state index is 12.8. The van der Waals surface area contributed by atoms with Crippen molar-refractivity contribution in [2.75, 3.05) is 6.61 Å². The molecule has 0 bridgehead atoms. The third-order valence-electron chi connectivity index (χ3n) is 5.77. The first kappa shape index (κ1) is 24.1. The van der Waals surface area contributed by atoms with E-state index in [0.29, 0.717) is 5.56 Å². The molecule has 0 saturated carbocycles. The summed E-state index contributed by atoms with van der Waals surface area (Å²) in [6.45, 7) is 2.89. The number of halogens is 1. The molecular formula is C26H24ClNO5S. The van der Waals surface area contributed by atoms with Crippen molar-refractivity contribution in [3.8, 4) is 11.1 Å². The van der Waals surface area contributed by atoms with E-state index >= 15 is 0 Å². The summed E-state index contributed by atoms with van der Waals surface area (Å²) in [7, 11) is -4.02. The van der Waals surface area contributed by atoms with Crippen LogP contribution in [0.4, 0.5) is 0 Å². The summed E-state index contributed by atoms with van der Waals surface area (Å²) in [6, 6.07) is 18.1. The van der Waals surface area contributed by atoms with E-state index in [9.17, 15) is 18.0 Å². The third kappa shape index (κ3) is 5.06. The van der Waals surface area contributed by atoms with Gasteiger partial charge in [0, 0.05) is 10.6 Å². The van der Waals surface area contributed by atoms with Gasteiger partial charge in [0.2, 0.25) is 10.0 Å². The number of carbonyl (C=O) groups excluding carboxylic acids is 2. The van der Waals surface area contributed by atoms with Crippen LogP contribution in [0.15, 0.2) is 71.6 Å². The van der Waals surface area contributed by atoms with Crippen LogP contribution in [0.25, 0.3) is 11.1 Å². The monoisotopic (exact) mass is 497 g/mol. The number of sulfonamides is 1. The molecule has 8 heteroatoms. The van der Waals surface area contributed by atoms with Gasteiger partial charge in [-0.3, -0.25) is 9.59 Å². The van der Waals surface area contributed by atoms with Crippen molar-refractivity contribution in [1.29, 1.82) is 0 Å². The lowest BCUT2D eigenvalue weighted by molar-refractivity contribution is -0.145. The van der Waals surface area contributed by atoms with Gasteiger partial charge in [0.25, 0.3) is 0 Å². The van der Waals surface area contributed by atoms with Crippen molar-refractivity contribution in [3.63, 3.8) is 0 Å². The molecule has 0 radical (unpaired) electrons. The Balaban J connectivity index is 1.44. The van der Waals surface area contributed by atoms with Crippen LogP contribution in [0, 0.1) is 5.92 Å². The van der Waals surface area contributed by atoms with Gasteiger partial charge in [0.05, 0.1) is 4.90 Å². The molecule has 4 rings (SSSR count). The van der Waals surface area contributed by atoms with E-state index in [-0.39, 0.29) is 15.7 Å². The zero-order chi connectivity index (χ0) is 24.5. The number of benzene rings is 3. The fourth-order valence-electron chi connectivity index (χ4n) is 3.93. The van der Waals surface area contributed by atoms with E-state index in [0.717, 1.165) is 23.1 Å². The van der Waals surface area contributed by atoms with Crippen LogP contribution in [0.5, 0.6) is 0 Å². The fraction of sp³-hybridized carbons (Fsp3) is 0.231. The van der Waals surface area contributed by atoms with E-state index in [1.54, 1.807) is 26.0 Å². The summed E-state index contributed by atoms with van der Waals surface area (Å²) in [5.41, 5.74) is 4.88. The second-order valence-corrected chi connectivity index (χ2v) is 10.7. The third-order valence-corrected chi connectivity index (χ3v) is 7.45. The van der Waals surface area contributed by atoms with Crippen molar-refractivity contribution in [2.45, 2.75) is 31.2 Å². The number of nitrogens with one attached hydrogen (secondary N) is 1. The topological polar surface area (TPSA) is 89.5 Å². The van der Waals surface area contributed by atoms with Crippen LogP contribution < -0.4 is 4.72 Å². The highest BCUT2D eigenvalue weighted by atomic mass is 35.5. The van der Waals surface area contributed by atoms with Crippen LogP contribution in [-0.2, 0) is 26.0 Å². The number of rotatable bonds is 8. The Morgan fingerprint density at radius 1 is 0.971 bits per heavy atom. The number of Topliss-reactive ketones (excluding diaryl/α,β-unsaturated/α-hetero) is 1. The lowest BCUT2D eigenvalue weighted by atomic mass is 10.0. The quantitative estimate of drug-likeness (QED) is 0.283. The standard InChI is InChI=1S/C26H24ClNO5S/c1-16(2)25(28-34(31,32)21-8-5-7-20(27)14-21)26(30)33-15-24(29)19-11-10-18-12-17-6-3-4-9-22(17)23(18)13-19/h3-11,13-14,16,25,28H,12,15H2,1-2H3/t25-/m1/s1. The van der Waals surface area contributed by atoms with Gasteiger partial charge >= 0.3 is 5.97 Å². The first-order valence-corrected chi connectivity index (χ1v) is 12.7. The van der Waals surface area contributed by atoms with Crippen molar-refractivity contribution in [3.05, 3.63) is 88.4 Å². The Labute approximate surface area is 204 Å². The second kappa shape index (κ2) is 9.70. The average Bonchev–Trinajstić information content (AvgIpc) is 3.18. The Morgan fingerprint density at radius 3 is 2.44 bits per heavy atom. The highest BCUT2D eigenvalue weighted by molar-refractivity contribution is 7.89. The van der Waals surface area contributed by atoms with E-state index in [2.05, 4.69) is 10.8 Å². The van der Waals surface area contributed by atoms with Crippen molar-refractivity contribution in [2.24, 2.45) is 5.92 Å². The van der Waals surface area contributed by atoms with Gasteiger partial charge in [-0.1, -0.05) is 67.9 Å². The van der Waals surface area contributed by atoms with Gasteiger partial charge < -0.3 is 4.74 Å². The predicted octanol–water partition coefficient (Wildman–Crippen LogP) is 4.64. The van der Waals surface area contributed by atoms with Gasteiger partial charge in [0.15, 0.2) is 12.4 Å². The Morgan fingerprint density at radius 2 is 1.71 bits per heavy atom. The molecule has 1 aliphatic carbocycles. The molecule has 6 nitrogen and oxygen atoms in total. The number of hydrogen-bond acceptors (Lipinski definition) is 5. The van der Waals surface area contributed by atoms with E-state index in [1.807, 2.05) is 30.3 Å². The van der Waals surface area contributed by atoms with Crippen molar-refractivity contribution < 1.29 is 22.7 Å². The van der Waals surface area contributed by atoms with Crippen LogP contribution in [0.2, 0.25) is 5.02 Å². The smallest absolute Gasteiger partial charge is 0.324 e. The number of ether oxygens (including phenoxy) is 1. The normalized spacial score (nSPS) is 13.3. The van der Waals surface area contributed by atoms with Crippen LogP contribution in [0.3, 0.4) is 0 Å². The SMILES string of the molecule is CC(C)[C@@H](NS(=O)(=O)c1cccc(Cl)c1)C(=O)OCC(=O)c1ccc2c(c1)-c1ccccc1C2. The Kier molecular flexibility index (Phi) is 6.89. The number of carbonyl (C=O) groups is 2. The van der Waals surface area contributed by atoms with Gasteiger partial charge in [0.1, 0.15) is 6.04 Å². The minimum Gasteiger partial charge on any atom is -0.456 e. The molecule has 0 fully saturated rings. The van der Waals surface area contributed by atoms with Gasteiger partial charge in [-0.05, 0) is 58.9 Å². The van der Waals surface area contributed by atoms with Gasteiger partial charge in [-0.2, -0.15) is 4.72 Å². The molecule has 0 aliphatic heterocycles. The molecule has 0 heterocycles. The molecule has 1 N–H and O–H groups in total. The van der Waals surface area contributed by atoms with Crippen molar-refractivity contribution in [1.82, 2.24) is 4.72 Å². The lowest BCUT2D eigenvalue weighted by Crippen LogP contribution is -2.45. The molecule has 0 spiro atoms. The highest BCUT2D eigenvalue weighted by Crippen LogP contribution is 2.36. The maximum Gasteiger partial charge on any atom is 0.324 e. The summed E-state index contributed by atoms with van der Waals surface area (Å²) >= 11 is 5.90. The summed E-state index contributed by atoms with van der Waals surface area (Å²) < 4.78 is 33.1. The number of ketones is 1. The molecule has 0 aromatic heterocycles. The number of hydrogen-bond donors (Lipinski definition) is 1. The second-order valence-electron chi connectivity index (χ2n) is 8.54. The zero-order valence-corrected chi connectivity index (χ0v) is 20.3. The molecule has 0 unspecified atom stereocenters. The fourth-order valence-corrected chi connectivity index (χ4v) is 5.57. The molecule has 1 atom stereocenters. The van der Waals surface area contributed by atoms with Gasteiger partial charge in [-0.15, -0.1) is 0 Å². The average molecular weight is 498 g/mol. The predicted molar refractivity (Wildman–Crippen MR) is 130 cm³/mol. The highest BCUT2D eigenvalue weighted by Gasteiger charge is 2.30. The maximum atomic E-state index is 12.8. The summed E-state index contributed by atoms with van der Waals surface area (Å²) in [5.74, 6) is -1.59. The minimum absolute atomic E-state index is 0.0621. The Bertz CT molecular complexity index is 1370. The summed E-state index contributed by atoms with van der Waals surface area (Å²) in [5, 5.41) is 0.258. The summed E-state index contributed by atoms with van der Waals surface area (Å²) in [6.07, 6.45) is 0.817. The van der Waals surface area contributed by atoms with Crippen molar-refractivity contribution >= 4 is 33.4 Å². The zero-order valence-electron chi connectivity index (χ0n) is 18.7. The summed E-state index contributed by atoms with van der Waals surface area (Å²) in [4.78, 5) is 25.4. The first-order valence-electron chi connectivity index (χ1n) is 10.8. The number of fused-ring (bicyclic) bond motifs is 3. The molecular weight excluding hydrogens is 474 g/mol. The Hall–Kier alpha value is -3.00. The molecule has 1 aliphatic rings. The molecule has 0 amide bonds. The largest absolute Gasteiger partial charge is 0.456 e. The van der Waals surface area contributed by atoms with Crippen LogP contribution >= 0.6 is 11.6 Å². The van der Waals surface area contributed by atoms with E-state index in [4.69, 9.17) is 16.3 Å². The lowest BCUT2D eigenvalue weighted by Gasteiger charge is -2.20. The van der Waals surface area contributed by atoms with Crippen LogP contribution in [-0.4, -0.2) is 32.8 Å². The minimum atomic E-state index is -4.02. The van der Waals surface area contributed by atoms with E-state index in [1.165, 1.54) is 23.8 Å². The first-order chi connectivity index (χ1) is 16.2. The van der Waals surface area contributed by atoms with Crippen LogP contribution in [0.1, 0.15) is 35.3 Å². The molecule has 3 aromatic rings. The van der Waals surface area contributed by atoms with E-state index < -0.39 is 34.6 Å². The molecule has 3 aromatic carbocycles.